The number of sulfonamides is 1. The molecule has 1 saturated heterocycles. The summed E-state index contributed by atoms with van der Waals surface area (Å²) < 4.78 is 45.9. The Morgan fingerprint density at radius 1 is 1.00 bits per heavy atom. The molecule has 0 radical (unpaired) electrons. The van der Waals surface area contributed by atoms with Gasteiger partial charge in [0.15, 0.2) is 0 Å². The molecule has 5 rings (SSSR count). The molecule has 1 atom stereocenters. The minimum absolute atomic E-state index is 0.0662. The van der Waals surface area contributed by atoms with E-state index in [0.29, 0.717) is 30.9 Å². The van der Waals surface area contributed by atoms with Crippen molar-refractivity contribution >= 4 is 44.8 Å². The van der Waals surface area contributed by atoms with Crippen LogP contribution in [0, 0.1) is 12.7 Å². The molecule has 0 aliphatic carbocycles. The van der Waals surface area contributed by atoms with Crippen LogP contribution in [-0.4, -0.2) is 41.7 Å². The number of benzene rings is 3. The molecule has 1 aliphatic heterocycles. The van der Waals surface area contributed by atoms with Gasteiger partial charge in [0.1, 0.15) is 16.4 Å². The minimum Gasteiger partial charge on any atom is -0.339 e. The third-order valence-electron chi connectivity index (χ3n) is 7.68. The molecule has 4 aromatic rings. The molecule has 220 valence electrons. The zero-order chi connectivity index (χ0) is 30.2. The Bertz CT molecular complexity index is 1810. The Morgan fingerprint density at radius 3 is 2.38 bits per heavy atom. The fraction of sp³-hybridized carbons (Fsp3) is 0.267. The number of nitrogens with zero attached hydrogens (tertiary/aromatic N) is 3. The van der Waals surface area contributed by atoms with Crippen molar-refractivity contribution in [1.29, 1.82) is 0 Å². The first-order chi connectivity index (χ1) is 20.0. The molecule has 1 N–H and O–H groups in total. The third kappa shape index (κ3) is 5.84. The van der Waals surface area contributed by atoms with E-state index in [1.54, 1.807) is 60.0 Å². The van der Waals surface area contributed by atoms with Gasteiger partial charge in [-0.1, -0.05) is 53.5 Å². The molecule has 1 unspecified atom stereocenters. The molecule has 1 aromatic heterocycles. The Morgan fingerprint density at radius 2 is 1.69 bits per heavy atom. The standard InChI is InChI=1S/C30H29Cl2FN4O4S/c1-19-28(30(39)37(35(19)2)24-8-4-3-5-9-24)34-42(40,41)26-18-22(17-25(31)27(26)32)29(38)36-15-6-7-20(14-16-36)21-10-12-23(33)13-11-21/h3-5,8-13,17-18,20,34H,6-7,14-16H2,1-2H3. The maximum atomic E-state index is 13.6. The molecule has 0 saturated carbocycles. The maximum Gasteiger partial charge on any atom is 0.296 e. The molecule has 0 spiro atoms. The molecule has 12 heteroatoms. The number of rotatable bonds is 6. The van der Waals surface area contributed by atoms with Crippen LogP contribution in [0.3, 0.4) is 0 Å². The van der Waals surface area contributed by atoms with E-state index in [1.165, 1.54) is 28.9 Å². The highest BCUT2D eigenvalue weighted by Gasteiger charge is 2.29. The topological polar surface area (TPSA) is 93.4 Å². The van der Waals surface area contributed by atoms with E-state index in [2.05, 4.69) is 4.72 Å². The van der Waals surface area contributed by atoms with Crippen molar-refractivity contribution in [1.82, 2.24) is 14.3 Å². The van der Waals surface area contributed by atoms with Crippen molar-refractivity contribution in [2.24, 2.45) is 7.05 Å². The van der Waals surface area contributed by atoms with Crippen LogP contribution in [0.5, 0.6) is 0 Å². The molecule has 3 aromatic carbocycles. The monoisotopic (exact) mass is 630 g/mol. The summed E-state index contributed by atoms with van der Waals surface area (Å²) in [6, 6.07) is 17.8. The van der Waals surface area contributed by atoms with Crippen LogP contribution in [0.4, 0.5) is 10.1 Å². The van der Waals surface area contributed by atoms with Gasteiger partial charge in [0, 0.05) is 25.7 Å². The van der Waals surface area contributed by atoms with Crippen LogP contribution in [-0.2, 0) is 17.1 Å². The number of hydrogen-bond acceptors (Lipinski definition) is 4. The first-order valence-electron chi connectivity index (χ1n) is 13.4. The highest BCUT2D eigenvalue weighted by molar-refractivity contribution is 7.92. The normalized spacial score (nSPS) is 15.8. The van der Waals surface area contributed by atoms with E-state index in [0.717, 1.165) is 18.4 Å². The summed E-state index contributed by atoms with van der Waals surface area (Å²) in [5, 5.41) is -0.363. The molecule has 1 amide bonds. The molecule has 8 nitrogen and oxygen atoms in total. The minimum atomic E-state index is -4.43. The number of amides is 1. The van der Waals surface area contributed by atoms with Gasteiger partial charge in [0.25, 0.3) is 21.5 Å². The fourth-order valence-electron chi connectivity index (χ4n) is 5.31. The smallest absolute Gasteiger partial charge is 0.296 e. The van der Waals surface area contributed by atoms with Crippen LogP contribution in [0.2, 0.25) is 10.0 Å². The summed E-state index contributed by atoms with van der Waals surface area (Å²) in [5.41, 5.74) is 1.30. The van der Waals surface area contributed by atoms with E-state index >= 15 is 0 Å². The number of para-hydroxylation sites is 1. The number of aromatic nitrogens is 2. The van der Waals surface area contributed by atoms with Crippen LogP contribution in [0.15, 0.2) is 76.4 Å². The predicted octanol–water partition coefficient (Wildman–Crippen LogP) is 6.14. The molecule has 42 heavy (non-hydrogen) atoms. The average Bonchev–Trinajstić information content (AvgIpc) is 3.13. The number of halogens is 3. The van der Waals surface area contributed by atoms with Crippen molar-refractivity contribution < 1.29 is 17.6 Å². The SMILES string of the molecule is Cc1c(NS(=O)(=O)c2cc(C(=O)N3CCCC(c4ccc(F)cc4)CC3)cc(Cl)c2Cl)c(=O)n(-c2ccccc2)n1C. The number of carbonyl (C=O) groups is 1. The first kappa shape index (κ1) is 29.9. The second-order valence-corrected chi connectivity index (χ2v) is 12.7. The van der Waals surface area contributed by atoms with Crippen molar-refractivity contribution in [2.75, 3.05) is 17.8 Å². The Labute approximate surface area is 253 Å². The predicted molar refractivity (Wildman–Crippen MR) is 162 cm³/mol. The fourth-order valence-corrected chi connectivity index (χ4v) is 7.24. The van der Waals surface area contributed by atoms with Gasteiger partial charge in [0.2, 0.25) is 0 Å². The highest BCUT2D eigenvalue weighted by atomic mass is 35.5. The van der Waals surface area contributed by atoms with Crippen molar-refractivity contribution in [3.05, 3.63) is 110 Å². The Balaban J connectivity index is 1.42. The van der Waals surface area contributed by atoms with Gasteiger partial charge in [-0.05, 0) is 74.1 Å². The zero-order valence-corrected chi connectivity index (χ0v) is 25.3. The summed E-state index contributed by atoms with van der Waals surface area (Å²) in [6.45, 7) is 2.52. The van der Waals surface area contributed by atoms with E-state index in [9.17, 15) is 22.4 Å². The van der Waals surface area contributed by atoms with Crippen molar-refractivity contribution in [2.45, 2.75) is 37.0 Å². The number of hydrogen-bond donors (Lipinski definition) is 1. The first-order valence-corrected chi connectivity index (χ1v) is 15.6. The zero-order valence-electron chi connectivity index (χ0n) is 23.0. The van der Waals surface area contributed by atoms with Crippen molar-refractivity contribution in [3.8, 4) is 5.69 Å². The summed E-state index contributed by atoms with van der Waals surface area (Å²) in [5.74, 6) is -0.508. The quantitative estimate of drug-likeness (QED) is 0.277. The lowest BCUT2D eigenvalue weighted by molar-refractivity contribution is 0.0761. The summed E-state index contributed by atoms with van der Waals surface area (Å²) in [6.07, 6.45) is 2.23. The van der Waals surface area contributed by atoms with E-state index in [-0.39, 0.29) is 38.9 Å². The molecular formula is C30H29Cl2FN4O4S. The second-order valence-electron chi connectivity index (χ2n) is 10.3. The molecule has 1 fully saturated rings. The Hall–Kier alpha value is -3.60. The average molecular weight is 632 g/mol. The lowest BCUT2D eigenvalue weighted by Gasteiger charge is -2.22. The summed E-state index contributed by atoms with van der Waals surface area (Å²) in [4.78, 5) is 28.1. The van der Waals surface area contributed by atoms with Crippen LogP contribution in [0.25, 0.3) is 5.69 Å². The third-order valence-corrected chi connectivity index (χ3v) is 9.97. The van der Waals surface area contributed by atoms with Gasteiger partial charge >= 0.3 is 0 Å². The van der Waals surface area contributed by atoms with Crippen LogP contribution in [0.1, 0.15) is 46.8 Å². The van der Waals surface area contributed by atoms with Gasteiger partial charge in [-0.25, -0.2) is 17.5 Å². The number of anilines is 1. The van der Waals surface area contributed by atoms with E-state index < -0.39 is 20.5 Å². The lowest BCUT2D eigenvalue weighted by Crippen LogP contribution is -2.32. The van der Waals surface area contributed by atoms with Gasteiger partial charge in [-0.15, -0.1) is 0 Å². The van der Waals surface area contributed by atoms with E-state index in [1.807, 2.05) is 6.07 Å². The number of nitrogens with one attached hydrogen (secondary N) is 1. The molecular weight excluding hydrogens is 602 g/mol. The second kappa shape index (κ2) is 11.9. The molecule has 0 bridgehead atoms. The van der Waals surface area contributed by atoms with Gasteiger partial charge in [-0.2, -0.15) is 0 Å². The highest BCUT2D eigenvalue weighted by Crippen LogP contribution is 2.34. The maximum absolute atomic E-state index is 13.6. The summed E-state index contributed by atoms with van der Waals surface area (Å²) >= 11 is 12.7. The largest absolute Gasteiger partial charge is 0.339 e. The number of carbonyl (C=O) groups excluding carboxylic acids is 1. The van der Waals surface area contributed by atoms with Gasteiger partial charge in [-0.3, -0.25) is 19.0 Å². The van der Waals surface area contributed by atoms with Crippen LogP contribution >= 0.6 is 23.2 Å². The summed E-state index contributed by atoms with van der Waals surface area (Å²) in [7, 11) is -2.79. The lowest BCUT2D eigenvalue weighted by atomic mass is 9.92. The molecule has 1 aliphatic rings. The molecule has 2 heterocycles. The van der Waals surface area contributed by atoms with E-state index in [4.69, 9.17) is 23.2 Å². The Kier molecular flexibility index (Phi) is 8.50. The van der Waals surface area contributed by atoms with Crippen molar-refractivity contribution in [3.63, 3.8) is 0 Å². The van der Waals surface area contributed by atoms with Gasteiger partial charge in [0.05, 0.1) is 21.4 Å². The number of likely N-dealkylation sites (tertiary alicyclic amines) is 1. The van der Waals surface area contributed by atoms with Crippen LogP contribution < -0.4 is 10.3 Å². The van der Waals surface area contributed by atoms with Gasteiger partial charge < -0.3 is 4.90 Å².